The fourth-order valence-electron chi connectivity index (χ4n) is 1.46. The second kappa shape index (κ2) is 4.77. The van der Waals surface area contributed by atoms with Crippen molar-refractivity contribution in [2.75, 3.05) is 5.32 Å². The molecule has 4 heteroatoms. The Balaban J connectivity index is 2.68. The van der Waals surface area contributed by atoms with Crippen LogP contribution in [0.5, 0.6) is 0 Å². The highest BCUT2D eigenvalue weighted by Crippen LogP contribution is 2.14. The summed E-state index contributed by atoms with van der Waals surface area (Å²) in [4.78, 5) is 15.0. The summed E-state index contributed by atoms with van der Waals surface area (Å²) >= 11 is 0. The van der Waals surface area contributed by atoms with Crippen LogP contribution in [-0.2, 0) is 4.79 Å². The number of nitrogens with zero attached hydrogens (tertiary/aromatic N) is 1. The van der Waals surface area contributed by atoms with Crippen molar-refractivity contribution in [2.45, 2.75) is 33.2 Å². The summed E-state index contributed by atoms with van der Waals surface area (Å²) in [7, 11) is 0. The van der Waals surface area contributed by atoms with E-state index in [2.05, 4.69) is 10.3 Å². The van der Waals surface area contributed by atoms with E-state index in [1.54, 1.807) is 0 Å². The molecule has 1 aromatic heterocycles. The number of aryl methyl sites for hydroxylation is 2. The summed E-state index contributed by atoms with van der Waals surface area (Å²) < 4.78 is 0. The van der Waals surface area contributed by atoms with E-state index in [0.717, 1.165) is 17.1 Å². The number of aromatic nitrogens is 1. The number of carbonyl (C=O) groups is 1. The summed E-state index contributed by atoms with van der Waals surface area (Å²) in [5, 5.41) is 3.21. The van der Waals surface area contributed by atoms with Crippen LogP contribution >= 0.6 is 0 Å². The number of nitrogens with two attached hydrogens (primary N) is 1. The Morgan fingerprint density at radius 3 is 2.73 bits per heavy atom. The van der Waals surface area contributed by atoms with Crippen LogP contribution in [0.15, 0.2) is 12.1 Å². The second-order valence-corrected chi connectivity index (χ2v) is 3.80. The van der Waals surface area contributed by atoms with Gasteiger partial charge in [0.2, 0.25) is 5.91 Å². The molecule has 0 spiro atoms. The zero-order valence-electron chi connectivity index (χ0n) is 9.37. The Morgan fingerprint density at radius 1 is 1.53 bits per heavy atom. The molecule has 1 aromatic rings. The number of amides is 1. The van der Waals surface area contributed by atoms with Crippen molar-refractivity contribution in [3.05, 3.63) is 23.5 Å². The number of primary amides is 1. The molecule has 0 aromatic carbocycles. The molecule has 82 valence electrons. The number of hydrogen-bond donors (Lipinski definition) is 2. The molecule has 1 rings (SSSR count). The molecule has 0 fully saturated rings. The molecule has 4 nitrogen and oxygen atoms in total. The van der Waals surface area contributed by atoms with Gasteiger partial charge in [-0.15, -0.1) is 0 Å². The van der Waals surface area contributed by atoms with Crippen molar-refractivity contribution < 1.29 is 4.79 Å². The van der Waals surface area contributed by atoms with Crippen LogP contribution < -0.4 is 11.1 Å². The first kappa shape index (κ1) is 11.5. The van der Waals surface area contributed by atoms with E-state index in [9.17, 15) is 4.79 Å². The lowest BCUT2D eigenvalue weighted by Gasteiger charge is -2.15. The van der Waals surface area contributed by atoms with Gasteiger partial charge < -0.3 is 11.1 Å². The van der Waals surface area contributed by atoms with Gasteiger partial charge >= 0.3 is 0 Å². The van der Waals surface area contributed by atoms with Gasteiger partial charge in [-0.3, -0.25) is 9.78 Å². The highest BCUT2D eigenvalue weighted by molar-refractivity contribution is 5.74. The van der Waals surface area contributed by atoms with Crippen LogP contribution in [0.25, 0.3) is 0 Å². The molecule has 0 radical (unpaired) electrons. The Bertz CT molecular complexity index is 363. The normalized spacial score (nSPS) is 12.2. The molecule has 1 unspecified atom stereocenters. The molecule has 0 saturated carbocycles. The Morgan fingerprint density at radius 2 is 2.20 bits per heavy atom. The van der Waals surface area contributed by atoms with Crippen molar-refractivity contribution in [3.63, 3.8) is 0 Å². The third-order valence-electron chi connectivity index (χ3n) is 2.13. The lowest BCUT2D eigenvalue weighted by atomic mass is 10.2. The molecule has 1 amide bonds. The van der Waals surface area contributed by atoms with E-state index in [1.807, 2.05) is 32.9 Å². The van der Waals surface area contributed by atoms with Gasteiger partial charge in [-0.05, 0) is 32.9 Å². The van der Waals surface area contributed by atoms with E-state index in [-0.39, 0.29) is 11.9 Å². The first-order valence-corrected chi connectivity index (χ1v) is 4.98. The van der Waals surface area contributed by atoms with Crippen molar-refractivity contribution in [3.8, 4) is 0 Å². The van der Waals surface area contributed by atoms with Gasteiger partial charge in [0, 0.05) is 18.2 Å². The molecule has 0 saturated heterocycles. The molecule has 0 bridgehead atoms. The minimum atomic E-state index is -0.298. The predicted molar refractivity (Wildman–Crippen MR) is 60.6 cm³/mol. The van der Waals surface area contributed by atoms with E-state index in [0.29, 0.717) is 6.42 Å². The van der Waals surface area contributed by atoms with Crippen LogP contribution in [0.4, 0.5) is 5.69 Å². The lowest BCUT2D eigenvalue weighted by Crippen LogP contribution is -2.24. The maximum atomic E-state index is 10.7. The van der Waals surface area contributed by atoms with E-state index in [1.165, 1.54) is 0 Å². The highest BCUT2D eigenvalue weighted by atomic mass is 16.1. The summed E-state index contributed by atoms with van der Waals surface area (Å²) in [5.74, 6) is -0.298. The monoisotopic (exact) mass is 207 g/mol. The number of pyridine rings is 1. The summed E-state index contributed by atoms with van der Waals surface area (Å²) in [5.41, 5.74) is 7.99. The van der Waals surface area contributed by atoms with Gasteiger partial charge in [-0.2, -0.15) is 0 Å². The van der Waals surface area contributed by atoms with Crippen molar-refractivity contribution in [2.24, 2.45) is 5.73 Å². The van der Waals surface area contributed by atoms with Crippen LogP contribution in [0.3, 0.4) is 0 Å². The zero-order chi connectivity index (χ0) is 11.4. The smallest absolute Gasteiger partial charge is 0.219 e. The molecule has 1 heterocycles. The highest BCUT2D eigenvalue weighted by Gasteiger charge is 2.07. The SMILES string of the molecule is Cc1ccc(NC(C)CC(N)=O)c(C)n1. The number of hydrogen-bond acceptors (Lipinski definition) is 3. The summed E-state index contributed by atoms with van der Waals surface area (Å²) in [6, 6.07) is 3.94. The van der Waals surface area contributed by atoms with Gasteiger partial charge in [0.1, 0.15) is 0 Å². The lowest BCUT2D eigenvalue weighted by molar-refractivity contribution is -0.118. The third-order valence-corrected chi connectivity index (χ3v) is 2.13. The largest absolute Gasteiger partial charge is 0.381 e. The fraction of sp³-hybridized carbons (Fsp3) is 0.455. The average Bonchev–Trinajstić information content (AvgIpc) is 2.08. The van der Waals surface area contributed by atoms with Crippen LogP contribution in [0, 0.1) is 13.8 Å². The summed E-state index contributed by atoms with van der Waals surface area (Å²) in [6.45, 7) is 5.81. The molecule has 15 heavy (non-hydrogen) atoms. The van der Waals surface area contributed by atoms with Gasteiger partial charge in [0.05, 0.1) is 11.4 Å². The number of carbonyl (C=O) groups excluding carboxylic acids is 1. The molecule has 0 aliphatic heterocycles. The van der Waals surface area contributed by atoms with E-state index in [4.69, 9.17) is 5.73 Å². The average molecular weight is 207 g/mol. The van der Waals surface area contributed by atoms with Gasteiger partial charge in [0.15, 0.2) is 0 Å². The molecular weight excluding hydrogens is 190 g/mol. The molecule has 0 aliphatic carbocycles. The van der Waals surface area contributed by atoms with Crippen LogP contribution in [0.1, 0.15) is 24.7 Å². The van der Waals surface area contributed by atoms with Crippen molar-refractivity contribution in [1.29, 1.82) is 0 Å². The van der Waals surface area contributed by atoms with E-state index >= 15 is 0 Å². The minimum absolute atomic E-state index is 0.0331. The van der Waals surface area contributed by atoms with E-state index < -0.39 is 0 Å². The fourth-order valence-corrected chi connectivity index (χ4v) is 1.46. The number of anilines is 1. The molecular formula is C11H17N3O. The predicted octanol–water partition coefficient (Wildman–Crippen LogP) is 1.37. The first-order chi connectivity index (χ1) is 6.99. The number of nitrogens with one attached hydrogen (secondary N) is 1. The van der Waals surface area contributed by atoms with Crippen LogP contribution in [0.2, 0.25) is 0 Å². The Labute approximate surface area is 89.9 Å². The first-order valence-electron chi connectivity index (χ1n) is 4.98. The van der Waals surface area contributed by atoms with Gasteiger partial charge in [-0.25, -0.2) is 0 Å². The Kier molecular flexibility index (Phi) is 3.66. The molecule has 1 atom stereocenters. The third kappa shape index (κ3) is 3.58. The quantitative estimate of drug-likeness (QED) is 0.783. The van der Waals surface area contributed by atoms with Crippen LogP contribution in [-0.4, -0.2) is 16.9 Å². The Hall–Kier alpha value is -1.58. The van der Waals surface area contributed by atoms with Crippen molar-refractivity contribution >= 4 is 11.6 Å². The van der Waals surface area contributed by atoms with Gasteiger partial charge in [0.25, 0.3) is 0 Å². The maximum absolute atomic E-state index is 10.7. The number of rotatable bonds is 4. The standard InChI is InChI=1S/C11H17N3O/c1-7-4-5-10(9(3)13-7)14-8(2)6-11(12)15/h4-5,8,14H,6H2,1-3H3,(H2,12,15). The molecule has 0 aliphatic rings. The van der Waals surface area contributed by atoms with Crippen molar-refractivity contribution in [1.82, 2.24) is 4.98 Å². The maximum Gasteiger partial charge on any atom is 0.219 e. The minimum Gasteiger partial charge on any atom is -0.381 e. The zero-order valence-corrected chi connectivity index (χ0v) is 9.37. The molecule has 3 N–H and O–H groups in total. The topological polar surface area (TPSA) is 68.0 Å². The summed E-state index contributed by atoms with van der Waals surface area (Å²) in [6.07, 6.45) is 0.327. The second-order valence-electron chi connectivity index (χ2n) is 3.80. The van der Waals surface area contributed by atoms with Gasteiger partial charge in [-0.1, -0.05) is 0 Å².